The zero-order chi connectivity index (χ0) is 21.8. The lowest BCUT2D eigenvalue weighted by Gasteiger charge is -2.23. The van der Waals surface area contributed by atoms with Gasteiger partial charge >= 0.3 is 6.18 Å². The number of aromatic nitrogens is 3. The van der Waals surface area contributed by atoms with Crippen molar-refractivity contribution in [1.82, 2.24) is 20.1 Å². The molecule has 3 aromatic rings. The molecule has 6 nitrogen and oxygen atoms in total. The Morgan fingerprint density at radius 1 is 1.19 bits per heavy atom. The highest BCUT2D eigenvalue weighted by molar-refractivity contribution is 5.94. The van der Waals surface area contributed by atoms with E-state index < -0.39 is 11.7 Å². The molecule has 0 aliphatic carbocycles. The number of pyridine rings is 1. The molecule has 1 fully saturated rings. The van der Waals surface area contributed by atoms with E-state index in [0.717, 1.165) is 36.4 Å². The highest BCUT2D eigenvalue weighted by Crippen LogP contribution is 2.33. The summed E-state index contributed by atoms with van der Waals surface area (Å²) in [5.74, 6) is 0.113. The molecule has 1 aliphatic heterocycles. The van der Waals surface area contributed by atoms with Crippen LogP contribution < -0.4 is 4.74 Å². The number of carbonyl (C=O) groups excluding carboxylic acids is 1. The number of hydrogen-bond donors (Lipinski definition) is 1. The lowest BCUT2D eigenvalue weighted by Crippen LogP contribution is -2.30. The van der Waals surface area contributed by atoms with Gasteiger partial charge in [0.1, 0.15) is 5.75 Å². The number of H-pyrrole nitrogens is 1. The summed E-state index contributed by atoms with van der Waals surface area (Å²) in [5.41, 5.74) is 1.42. The van der Waals surface area contributed by atoms with Crippen LogP contribution in [0, 0.1) is 0 Å². The summed E-state index contributed by atoms with van der Waals surface area (Å²) in [6.07, 6.45) is 0.946. The van der Waals surface area contributed by atoms with Gasteiger partial charge in [-0.05, 0) is 49.2 Å². The largest absolute Gasteiger partial charge is 0.493 e. The number of likely N-dealkylation sites (tertiary alicyclic amines) is 1. The molecule has 31 heavy (non-hydrogen) atoms. The van der Waals surface area contributed by atoms with Crippen LogP contribution in [0.3, 0.4) is 0 Å². The molecule has 1 amide bonds. The number of hydrogen-bond acceptors (Lipinski definition) is 4. The first-order valence-electron chi connectivity index (χ1n) is 9.97. The van der Waals surface area contributed by atoms with Crippen molar-refractivity contribution in [3.8, 4) is 5.75 Å². The molecular weight excluding hydrogens is 409 g/mol. The fraction of sp³-hybridized carbons (Fsp3) is 0.318. The fourth-order valence-electron chi connectivity index (χ4n) is 3.70. The Balaban J connectivity index is 1.37. The van der Waals surface area contributed by atoms with Gasteiger partial charge in [-0.2, -0.15) is 18.3 Å². The highest BCUT2D eigenvalue weighted by Gasteiger charge is 2.32. The molecule has 3 heterocycles. The minimum Gasteiger partial charge on any atom is -0.493 e. The minimum atomic E-state index is -4.40. The average molecular weight is 430 g/mol. The number of benzene rings is 1. The molecule has 0 unspecified atom stereocenters. The molecule has 2 aromatic heterocycles. The molecule has 9 heteroatoms. The first kappa shape index (κ1) is 20.9. The molecule has 1 aliphatic rings. The van der Waals surface area contributed by atoms with Crippen LogP contribution in [0.4, 0.5) is 13.2 Å². The van der Waals surface area contributed by atoms with Gasteiger partial charge in [-0.3, -0.25) is 14.9 Å². The van der Waals surface area contributed by atoms with Gasteiger partial charge in [0.25, 0.3) is 5.91 Å². The predicted octanol–water partition coefficient (Wildman–Crippen LogP) is 4.42. The SMILES string of the molecule is O=C(c1ccncc1)N1CCC[C@H]1c1cc(CCOc2cccc(C(F)(F)F)c2)[nH]n1. The second-order valence-electron chi connectivity index (χ2n) is 7.33. The van der Waals surface area contributed by atoms with Crippen molar-refractivity contribution in [2.45, 2.75) is 31.5 Å². The molecule has 1 N–H and O–H groups in total. The normalized spacial score (nSPS) is 16.5. The summed E-state index contributed by atoms with van der Waals surface area (Å²) in [7, 11) is 0. The number of rotatable bonds is 6. The monoisotopic (exact) mass is 430 g/mol. The van der Waals surface area contributed by atoms with Crippen LogP contribution in [-0.2, 0) is 12.6 Å². The van der Waals surface area contributed by atoms with Crippen molar-refractivity contribution in [3.05, 3.63) is 77.4 Å². The van der Waals surface area contributed by atoms with E-state index in [1.165, 1.54) is 12.1 Å². The van der Waals surface area contributed by atoms with E-state index in [1.54, 1.807) is 24.5 Å². The van der Waals surface area contributed by atoms with E-state index in [0.29, 0.717) is 18.5 Å². The van der Waals surface area contributed by atoms with E-state index >= 15 is 0 Å². The van der Waals surface area contributed by atoms with Crippen molar-refractivity contribution in [2.24, 2.45) is 0 Å². The van der Waals surface area contributed by atoms with E-state index in [1.807, 2.05) is 11.0 Å². The first-order chi connectivity index (χ1) is 14.9. The van der Waals surface area contributed by atoms with Gasteiger partial charge < -0.3 is 9.64 Å². The van der Waals surface area contributed by atoms with Crippen molar-refractivity contribution >= 4 is 5.91 Å². The summed E-state index contributed by atoms with van der Waals surface area (Å²) >= 11 is 0. The van der Waals surface area contributed by atoms with Crippen molar-refractivity contribution < 1.29 is 22.7 Å². The number of halogens is 3. The van der Waals surface area contributed by atoms with Gasteiger partial charge in [0.15, 0.2) is 0 Å². The molecule has 1 atom stereocenters. The molecule has 162 valence electrons. The Hall–Kier alpha value is -3.36. The second-order valence-corrected chi connectivity index (χ2v) is 7.33. The molecule has 1 saturated heterocycles. The van der Waals surface area contributed by atoms with Crippen molar-refractivity contribution in [3.63, 3.8) is 0 Å². The summed E-state index contributed by atoms with van der Waals surface area (Å²) in [4.78, 5) is 18.6. The summed E-state index contributed by atoms with van der Waals surface area (Å²) < 4.78 is 43.9. The van der Waals surface area contributed by atoms with Crippen LogP contribution >= 0.6 is 0 Å². The van der Waals surface area contributed by atoms with Gasteiger partial charge in [0, 0.05) is 36.6 Å². The predicted molar refractivity (Wildman–Crippen MR) is 106 cm³/mol. The second kappa shape index (κ2) is 8.79. The van der Waals surface area contributed by atoms with Crippen LogP contribution in [0.1, 0.15) is 46.2 Å². The number of aromatic amines is 1. The molecule has 0 spiro atoms. The number of nitrogens with one attached hydrogen (secondary N) is 1. The zero-order valence-corrected chi connectivity index (χ0v) is 16.6. The Morgan fingerprint density at radius 3 is 2.77 bits per heavy atom. The van der Waals surface area contributed by atoms with Crippen molar-refractivity contribution in [1.29, 1.82) is 0 Å². The number of amides is 1. The van der Waals surface area contributed by atoms with Crippen LogP contribution in [0.5, 0.6) is 5.75 Å². The molecule has 0 saturated carbocycles. The van der Waals surface area contributed by atoms with Crippen LogP contribution in [0.15, 0.2) is 54.9 Å². The van der Waals surface area contributed by atoms with Gasteiger partial charge in [-0.1, -0.05) is 6.07 Å². The fourth-order valence-corrected chi connectivity index (χ4v) is 3.70. The maximum Gasteiger partial charge on any atom is 0.416 e. The maximum atomic E-state index is 12.8. The molecule has 0 radical (unpaired) electrons. The number of alkyl halides is 3. The van der Waals surface area contributed by atoms with E-state index in [2.05, 4.69) is 15.2 Å². The average Bonchev–Trinajstić information content (AvgIpc) is 3.43. The third-order valence-electron chi connectivity index (χ3n) is 5.23. The van der Waals surface area contributed by atoms with Crippen LogP contribution in [-0.4, -0.2) is 39.1 Å². The highest BCUT2D eigenvalue weighted by atomic mass is 19.4. The van der Waals surface area contributed by atoms with E-state index in [4.69, 9.17) is 4.74 Å². The summed E-state index contributed by atoms with van der Waals surface area (Å²) in [6.45, 7) is 0.861. The smallest absolute Gasteiger partial charge is 0.416 e. The third-order valence-corrected chi connectivity index (χ3v) is 5.23. The zero-order valence-electron chi connectivity index (χ0n) is 16.6. The Bertz CT molecular complexity index is 1040. The standard InChI is InChI=1S/C22H21F3N4O2/c23-22(24,25)16-3-1-4-18(13-16)31-12-8-17-14-19(28-27-17)20-5-2-11-29(20)21(30)15-6-9-26-10-7-15/h1,3-4,6-7,9-10,13-14,20H,2,5,8,11-12H2,(H,27,28)/t20-/m0/s1. The maximum absolute atomic E-state index is 12.8. The number of carbonyl (C=O) groups is 1. The van der Waals surface area contributed by atoms with Gasteiger partial charge in [0.2, 0.25) is 0 Å². The number of ether oxygens (including phenoxy) is 1. The van der Waals surface area contributed by atoms with Crippen molar-refractivity contribution in [2.75, 3.05) is 13.2 Å². The Labute approximate surface area is 177 Å². The Morgan fingerprint density at radius 2 is 2.00 bits per heavy atom. The molecule has 1 aromatic carbocycles. The van der Waals surface area contributed by atoms with Gasteiger partial charge in [-0.15, -0.1) is 0 Å². The lowest BCUT2D eigenvalue weighted by atomic mass is 10.1. The third kappa shape index (κ3) is 4.87. The molecule has 4 rings (SSSR count). The quantitative estimate of drug-likeness (QED) is 0.628. The summed E-state index contributed by atoms with van der Waals surface area (Å²) in [5, 5.41) is 7.31. The van der Waals surface area contributed by atoms with Crippen LogP contribution in [0.25, 0.3) is 0 Å². The molecular formula is C22H21F3N4O2. The first-order valence-corrected chi connectivity index (χ1v) is 9.97. The topological polar surface area (TPSA) is 71.1 Å². The number of nitrogens with zero attached hydrogens (tertiary/aromatic N) is 3. The molecule has 0 bridgehead atoms. The van der Waals surface area contributed by atoms with E-state index in [-0.39, 0.29) is 24.3 Å². The van der Waals surface area contributed by atoms with Gasteiger partial charge in [-0.25, -0.2) is 0 Å². The van der Waals surface area contributed by atoms with E-state index in [9.17, 15) is 18.0 Å². The summed E-state index contributed by atoms with van der Waals surface area (Å²) in [6, 6.07) is 9.97. The van der Waals surface area contributed by atoms with Crippen LogP contribution in [0.2, 0.25) is 0 Å². The lowest BCUT2D eigenvalue weighted by molar-refractivity contribution is -0.137. The Kier molecular flexibility index (Phi) is 5.92. The van der Waals surface area contributed by atoms with Gasteiger partial charge in [0.05, 0.1) is 23.9 Å². The minimum absolute atomic E-state index is 0.0534.